The van der Waals surface area contributed by atoms with Gasteiger partial charge in [-0.1, -0.05) is 46.2 Å². The van der Waals surface area contributed by atoms with Gasteiger partial charge in [0.15, 0.2) is 0 Å². The Bertz CT molecular complexity index is 414. The van der Waals surface area contributed by atoms with Crippen LogP contribution in [0.2, 0.25) is 0 Å². The second kappa shape index (κ2) is 7.31. The Kier molecular flexibility index (Phi) is 5.69. The quantitative estimate of drug-likeness (QED) is 0.832. The largest absolute Gasteiger partial charge is 0.371 e. The number of benzene rings is 1. The van der Waals surface area contributed by atoms with Crippen LogP contribution in [0.3, 0.4) is 0 Å². The van der Waals surface area contributed by atoms with E-state index in [1.807, 2.05) is 0 Å². The maximum Gasteiger partial charge on any atom is 0.0366 e. The van der Waals surface area contributed by atoms with Crippen molar-refractivity contribution in [2.45, 2.75) is 53.5 Å². The van der Waals surface area contributed by atoms with Crippen LogP contribution < -0.4 is 10.2 Å². The molecule has 1 N–H and O–H groups in total. The van der Waals surface area contributed by atoms with Crippen molar-refractivity contribution >= 4 is 5.69 Å². The lowest BCUT2D eigenvalue weighted by atomic mass is 9.78. The molecule has 118 valence electrons. The molecule has 21 heavy (non-hydrogen) atoms. The van der Waals surface area contributed by atoms with Crippen molar-refractivity contribution in [1.29, 1.82) is 0 Å². The highest BCUT2D eigenvalue weighted by Crippen LogP contribution is 2.35. The summed E-state index contributed by atoms with van der Waals surface area (Å²) in [6, 6.07) is 9.13. The number of nitrogens with zero attached hydrogens (tertiary/aromatic N) is 1. The Morgan fingerprint density at radius 3 is 2.29 bits per heavy atom. The van der Waals surface area contributed by atoms with Gasteiger partial charge in [-0.05, 0) is 48.4 Å². The summed E-state index contributed by atoms with van der Waals surface area (Å²) in [5.41, 5.74) is 3.34. The molecule has 1 aromatic rings. The van der Waals surface area contributed by atoms with Crippen molar-refractivity contribution in [1.82, 2.24) is 5.32 Å². The second-order valence-corrected chi connectivity index (χ2v) is 7.34. The van der Waals surface area contributed by atoms with Gasteiger partial charge in [0.1, 0.15) is 0 Å². The SMILES string of the molecule is CCC1(C)CCN(c2ccc(CNCC(C)C)cc2)CC1. The van der Waals surface area contributed by atoms with E-state index in [0.717, 1.165) is 13.1 Å². The van der Waals surface area contributed by atoms with Gasteiger partial charge >= 0.3 is 0 Å². The summed E-state index contributed by atoms with van der Waals surface area (Å²) in [6.07, 6.45) is 3.95. The van der Waals surface area contributed by atoms with Crippen molar-refractivity contribution in [2.24, 2.45) is 11.3 Å². The molecular weight excluding hydrogens is 256 g/mol. The highest BCUT2D eigenvalue weighted by Gasteiger charge is 2.28. The number of piperidine rings is 1. The monoisotopic (exact) mass is 288 g/mol. The van der Waals surface area contributed by atoms with E-state index in [-0.39, 0.29) is 0 Å². The van der Waals surface area contributed by atoms with E-state index in [9.17, 15) is 0 Å². The minimum Gasteiger partial charge on any atom is -0.371 e. The van der Waals surface area contributed by atoms with Gasteiger partial charge in [0.25, 0.3) is 0 Å². The van der Waals surface area contributed by atoms with E-state index in [4.69, 9.17) is 0 Å². The van der Waals surface area contributed by atoms with Crippen LogP contribution in [0.15, 0.2) is 24.3 Å². The number of nitrogens with one attached hydrogen (secondary N) is 1. The average Bonchev–Trinajstić information content (AvgIpc) is 2.49. The van der Waals surface area contributed by atoms with Crippen LogP contribution in [0.1, 0.15) is 52.5 Å². The van der Waals surface area contributed by atoms with Crippen LogP contribution in [0, 0.1) is 11.3 Å². The van der Waals surface area contributed by atoms with Crippen LogP contribution in [-0.4, -0.2) is 19.6 Å². The van der Waals surface area contributed by atoms with Crippen LogP contribution in [0.5, 0.6) is 0 Å². The number of rotatable bonds is 6. The lowest BCUT2D eigenvalue weighted by Crippen LogP contribution is -2.38. The zero-order valence-corrected chi connectivity index (χ0v) is 14.3. The van der Waals surface area contributed by atoms with Crippen LogP contribution in [0.25, 0.3) is 0 Å². The third kappa shape index (κ3) is 4.74. The molecule has 0 atom stereocenters. The van der Waals surface area contributed by atoms with Crippen molar-refractivity contribution in [2.75, 3.05) is 24.5 Å². The van der Waals surface area contributed by atoms with Gasteiger partial charge in [-0.2, -0.15) is 0 Å². The fourth-order valence-electron chi connectivity index (χ4n) is 2.99. The highest BCUT2D eigenvalue weighted by atomic mass is 15.1. The van der Waals surface area contributed by atoms with Crippen molar-refractivity contribution in [3.8, 4) is 0 Å². The molecule has 1 aliphatic heterocycles. The molecule has 1 fully saturated rings. The maximum absolute atomic E-state index is 3.50. The topological polar surface area (TPSA) is 15.3 Å². The fraction of sp³-hybridized carbons (Fsp3) is 0.684. The summed E-state index contributed by atoms with van der Waals surface area (Å²) in [7, 11) is 0. The Hall–Kier alpha value is -1.02. The first-order chi connectivity index (χ1) is 10.0. The second-order valence-electron chi connectivity index (χ2n) is 7.34. The van der Waals surface area contributed by atoms with E-state index in [1.54, 1.807) is 0 Å². The summed E-state index contributed by atoms with van der Waals surface area (Å²) in [5, 5.41) is 3.50. The van der Waals surface area contributed by atoms with Crippen molar-refractivity contribution < 1.29 is 0 Å². The van der Waals surface area contributed by atoms with Gasteiger partial charge < -0.3 is 10.2 Å². The normalized spacial score (nSPS) is 18.2. The van der Waals surface area contributed by atoms with E-state index in [2.05, 4.69) is 62.2 Å². The summed E-state index contributed by atoms with van der Waals surface area (Å²) in [4.78, 5) is 2.54. The standard InChI is InChI=1S/C19H32N2/c1-5-19(4)10-12-21(13-11-19)18-8-6-17(7-9-18)15-20-14-16(2)3/h6-9,16,20H,5,10-15H2,1-4H3. The number of anilines is 1. The first-order valence-electron chi connectivity index (χ1n) is 8.57. The van der Waals surface area contributed by atoms with E-state index < -0.39 is 0 Å². The number of hydrogen-bond donors (Lipinski definition) is 1. The molecule has 1 aliphatic rings. The lowest BCUT2D eigenvalue weighted by molar-refractivity contribution is 0.238. The van der Waals surface area contributed by atoms with Gasteiger partial charge in [0, 0.05) is 25.3 Å². The molecule has 0 radical (unpaired) electrons. The predicted octanol–water partition coefficient (Wildman–Crippen LogP) is 4.45. The Morgan fingerprint density at radius 2 is 1.76 bits per heavy atom. The third-order valence-corrected chi connectivity index (χ3v) is 5.01. The number of hydrogen-bond acceptors (Lipinski definition) is 2. The zero-order chi connectivity index (χ0) is 15.3. The molecule has 0 saturated carbocycles. The first-order valence-corrected chi connectivity index (χ1v) is 8.57. The molecule has 2 nitrogen and oxygen atoms in total. The van der Waals surface area contributed by atoms with Gasteiger partial charge in [-0.3, -0.25) is 0 Å². The van der Waals surface area contributed by atoms with E-state index in [0.29, 0.717) is 11.3 Å². The van der Waals surface area contributed by atoms with E-state index in [1.165, 1.54) is 43.6 Å². The fourth-order valence-corrected chi connectivity index (χ4v) is 2.99. The molecule has 0 spiro atoms. The molecular formula is C19H32N2. The molecule has 1 saturated heterocycles. The predicted molar refractivity (Wildman–Crippen MR) is 92.8 cm³/mol. The summed E-state index contributed by atoms with van der Waals surface area (Å²) in [5.74, 6) is 0.713. The van der Waals surface area contributed by atoms with Crippen LogP contribution in [0.4, 0.5) is 5.69 Å². The minimum absolute atomic E-state index is 0.567. The Balaban J connectivity index is 1.85. The first kappa shape index (κ1) is 16.4. The molecule has 2 heteroatoms. The maximum atomic E-state index is 3.50. The summed E-state index contributed by atoms with van der Waals surface area (Å²) in [6.45, 7) is 13.7. The lowest BCUT2D eigenvalue weighted by Gasteiger charge is -2.40. The molecule has 0 bridgehead atoms. The van der Waals surface area contributed by atoms with Crippen molar-refractivity contribution in [3.63, 3.8) is 0 Å². The molecule has 1 heterocycles. The van der Waals surface area contributed by atoms with E-state index >= 15 is 0 Å². The smallest absolute Gasteiger partial charge is 0.0366 e. The van der Waals surface area contributed by atoms with Gasteiger partial charge in [0.05, 0.1) is 0 Å². The average molecular weight is 288 g/mol. The van der Waals surface area contributed by atoms with Crippen LogP contribution in [-0.2, 0) is 6.54 Å². The molecule has 0 aliphatic carbocycles. The zero-order valence-electron chi connectivity index (χ0n) is 14.3. The van der Waals surface area contributed by atoms with Crippen LogP contribution >= 0.6 is 0 Å². The highest BCUT2D eigenvalue weighted by molar-refractivity contribution is 5.48. The molecule has 1 aromatic carbocycles. The Morgan fingerprint density at radius 1 is 1.14 bits per heavy atom. The third-order valence-electron chi connectivity index (χ3n) is 5.01. The van der Waals surface area contributed by atoms with Gasteiger partial charge in [-0.15, -0.1) is 0 Å². The minimum atomic E-state index is 0.567. The van der Waals surface area contributed by atoms with Gasteiger partial charge in [0.2, 0.25) is 0 Å². The van der Waals surface area contributed by atoms with Crippen molar-refractivity contribution in [3.05, 3.63) is 29.8 Å². The Labute approximate surface area is 130 Å². The molecule has 2 rings (SSSR count). The molecule has 0 amide bonds. The molecule has 0 unspecified atom stereocenters. The molecule has 0 aromatic heterocycles. The summed E-state index contributed by atoms with van der Waals surface area (Å²) < 4.78 is 0. The summed E-state index contributed by atoms with van der Waals surface area (Å²) >= 11 is 0. The van der Waals surface area contributed by atoms with Gasteiger partial charge in [-0.25, -0.2) is 0 Å².